The molecule has 1 aromatic carbocycles. The molecule has 82 valence electrons. The summed E-state index contributed by atoms with van der Waals surface area (Å²) < 4.78 is 1.59. The highest BCUT2D eigenvalue weighted by Crippen LogP contribution is 2.17. The van der Waals surface area contributed by atoms with E-state index in [-0.39, 0.29) is 0 Å². The fourth-order valence-corrected chi connectivity index (χ4v) is 1.49. The summed E-state index contributed by atoms with van der Waals surface area (Å²) in [5.74, 6) is -0.497. The molecule has 0 spiro atoms. The molecule has 4 N–H and O–H groups in total. The Labute approximate surface area is 92.7 Å². The molecule has 1 aromatic heterocycles. The Bertz CT molecular complexity index is 545. The first-order valence-corrected chi connectivity index (χ1v) is 4.79. The van der Waals surface area contributed by atoms with Crippen LogP contribution in [0.25, 0.3) is 5.69 Å². The van der Waals surface area contributed by atoms with Gasteiger partial charge in [-0.05, 0) is 30.7 Å². The number of amides is 1. The van der Waals surface area contributed by atoms with E-state index in [0.29, 0.717) is 16.9 Å². The highest BCUT2D eigenvalue weighted by atomic mass is 16.1. The van der Waals surface area contributed by atoms with Crippen molar-refractivity contribution < 1.29 is 4.79 Å². The van der Waals surface area contributed by atoms with Gasteiger partial charge in [0.2, 0.25) is 0 Å². The molecule has 0 radical (unpaired) electrons. The average Bonchev–Trinajstić information content (AvgIpc) is 2.64. The maximum atomic E-state index is 11.3. The number of hydrogen-bond donors (Lipinski definition) is 2. The number of nitrogen functional groups attached to an aromatic ring is 1. The lowest BCUT2D eigenvalue weighted by molar-refractivity contribution is 0.1000. The Hall–Kier alpha value is -2.30. The van der Waals surface area contributed by atoms with Gasteiger partial charge < -0.3 is 11.5 Å². The van der Waals surface area contributed by atoms with Gasteiger partial charge in [-0.15, -0.1) is 0 Å². The molecule has 0 aliphatic heterocycles. The molecule has 0 saturated carbocycles. The summed E-state index contributed by atoms with van der Waals surface area (Å²) in [4.78, 5) is 11.3. The van der Waals surface area contributed by atoms with Crippen LogP contribution in [0.1, 0.15) is 15.9 Å². The van der Waals surface area contributed by atoms with Crippen molar-refractivity contribution in [2.75, 3.05) is 5.73 Å². The minimum absolute atomic E-state index is 0.400. The van der Waals surface area contributed by atoms with Crippen molar-refractivity contribution in [1.82, 2.24) is 9.78 Å². The summed E-state index contributed by atoms with van der Waals surface area (Å²) in [6.45, 7) is 1.92. The molecule has 0 saturated heterocycles. The highest BCUT2D eigenvalue weighted by Gasteiger charge is 2.10. The first kappa shape index (κ1) is 10.2. The van der Waals surface area contributed by atoms with Gasteiger partial charge >= 0.3 is 0 Å². The summed E-state index contributed by atoms with van der Waals surface area (Å²) in [7, 11) is 0. The molecule has 0 fully saturated rings. The van der Waals surface area contributed by atoms with Crippen LogP contribution in [0.4, 0.5) is 5.69 Å². The standard InChI is InChI=1S/C11H12N4O/c1-7-5-14-15(6-7)10-4-8(12)2-3-9(10)11(13)16/h2-6H,12H2,1H3,(H2,13,16). The van der Waals surface area contributed by atoms with E-state index >= 15 is 0 Å². The number of benzene rings is 1. The van der Waals surface area contributed by atoms with Gasteiger partial charge in [-0.25, -0.2) is 4.68 Å². The molecular weight excluding hydrogens is 204 g/mol. The van der Waals surface area contributed by atoms with E-state index in [4.69, 9.17) is 11.5 Å². The number of aromatic nitrogens is 2. The fourth-order valence-electron chi connectivity index (χ4n) is 1.49. The van der Waals surface area contributed by atoms with Gasteiger partial charge in [0.15, 0.2) is 0 Å². The lowest BCUT2D eigenvalue weighted by Crippen LogP contribution is -2.15. The molecule has 16 heavy (non-hydrogen) atoms. The Morgan fingerprint density at radius 2 is 2.19 bits per heavy atom. The SMILES string of the molecule is Cc1cnn(-c2cc(N)ccc2C(N)=O)c1. The molecule has 1 amide bonds. The van der Waals surface area contributed by atoms with Crippen molar-refractivity contribution in [1.29, 1.82) is 0 Å². The van der Waals surface area contributed by atoms with Crippen LogP contribution in [-0.2, 0) is 0 Å². The molecule has 0 bridgehead atoms. The molecule has 2 rings (SSSR count). The molecule has 0 aliphatic rings. The maximum Gasteiger partial charge on any atom is 0.250 e. The van der Waals surface area contributed by atoms with Crippen molar-refractivity contribution >= 4 is 11.6 Å². The topological polar surface area (TPSA) is 86.9 Å². The normalized spacial score (nSPS) is 10.3. The predicted molar refractivity (Wildman–Crippen MR) is 61.2 cm³/mol. The minimum atomic E-state index is -0.497. The second kappa shape index (κ2) is 3.69. The monoisotopic (exact) mass is 216 g/mol. The van der Waals surface area contributed by atoms with E-state index in [0.717, 1.165) is 5.56 Å². The van der Waals surface area contributed by atoms with Gasteiger partial charge in [0.05, 0.1) is 17.4 Å². The number of rotatable bonds is 2. The first-order valence-electron chi connectivity index (χ1n) is 4.79. The van der Waals surface area contributed by atoms with Crippen molar-refractivity contribution in [3.8, 4) is 5.69 Å². The molecule has 0 atom stereocenters. The zero-order chi connectivity index (χ0) is 11.7. The quantitative estimate of drug-likeness (QED) is 0.730. The smallest absolute Gasteiger partial charge is 0.250 e. The Morgan fingerprint density at radius 3 is 2.75 bits per heavy atom. The first-order chi connectivity index (χ1) is 7.58. The van der Waals surface area contributed by atoms with Crippen molar-refractivity contribution in [3.63, 3.8) is 0 Å². The van der Waals surface area contributed by atoms with Gasteiger partial charge in [0.25, 0.3) is 5.91 Å². The molecule has 1 heterocycles. The molecule has 5 heteroatoms. The van der Waals surface area contributed by atoms with E-state index in [1.165, 1.54) is 0 Å². The van der Waals surface area contributed by atoms with Gasteiger partial charge in [-0.3, -0.25) is 4.79 Å². The summed E-state index contributed by atoms with van der Waals surface area (Å²) in [6.07, 6.45) is 3.51. The highest BCUT2D eigenvalue weighted by molar-refractivity contribution is 5.97. The lowest BCUT2D eigenvalue weighted by Gasteiger charge is -2.07. The number of aryl methyl sites for hydroxylation is 1. The van der Waals surface area contributed by atoms with Crippen LogP contribution in [0.2, 0.25) is 0 Å². The molecule has 2 aromatic rings. The largest absolute Gasteiger partial charge is 0.399 e. The van der Waals surface area contributed by atoms with E-state index in [2.05, 4.69) is 5.10 Å². The molecule has 0 aliphatic carbocycles. The number of nitrogens with zero attached hydrogens (tertiary/aromatic N) is 2. The Morgan fingerprint density at radius 1 is 1.44 bits per heavy atom. The zero-order valence-electron chi connectivity index (χ0n) is 8.84. The van der Waals surface area contributed by atoms with Crippen LogP contribution in [-0.4, -0.2) is 15.7 Å². The number of hydrogen-bond acceptors (Lipinski definition) is 3. The predicted octanol–water partition coefficient (Wildman–Crippen LogP) is 0.862. The van der Waals surface area contributed by atoms with Crippen LogP contribution in [0.3, 0.4) is 0 Å². The Balaban J connectivity index is 2.62. The second-order valence-electron chi connectivity index (χ2n) is 3.60. The minimum Gasteiger partial charge on any atom is -0.399 e. The number of anilines is 1. The van der Waals surface area contributed by atoms with Gasteiger partial charge in [0.1, 0.15) is 0 Å². The Kier molecular flexibility index (Phi) is 2.36. The van der Waals surface area contributed by atoms with E-state index in [1.54, 1.807) is 35.3 Å². The van der Waals surface area contributed by atoms with Gasteiger partial charge in [-0.2, -0.15) is 5.10 Å². The van der Waals surface area contributed by atoms with Crippen LogP contribution in [0.15, 0.2) is 30.6 Å². The van der Waals surface area contributed by atoms with Crippen molar-refractivity contribution in [3.05, 3.63) is 41.7 Å². The van der Waals surface area contributed by atoms with Gasteiger partial charge in [-0.1, -0.05) is 0 Å². The maximum absolute atomic E-state index is 11.3. The number of primary amides is 1. The fraction of sp³-hybridized carbons (Fsp3) is 0.0909. The van der Waals surface area contributed by atoms with Crippen molar-refractivity contribution in [2.45, 2.75) is 6.92 Å². The van der Waals surface area contributed by atoms with Gasteiger partial charge in [0, 0.05) is 11.9 Å². The molecular formula is C11H12N4O. The van der Waals surface area contributed by atoms with Crippen molar-refractivity contribution in [2.24, 2.45) is 5.73 Å². The van der Waals surface area contributed by atoms with Crippen LogP contribution >= 0.6 is 0 Å². The lowest BCUT2D eigenvalue weighted by atomic mass is 10.1. The van der Waals surface area contributed by atoms with E-state index in [1.807, 2.05) is 6.92 Å². The van der Waals surface area contributed by atoms with Crippen LogP contribution in [0.5, 0.6) is 0 Å². The third-order valence-electron chi connectivity index (χ3n) is 2.25. The number of carbonyl (C=O) groups is 1. The van der Waals surface area contributed by atoms with Crippen LogP contribution in [0, 0.1) is 6.92 Å². The molecule has 0 unspecified atom stereocenters. The second-order valence-corrected chi connectivity index (χ2v) is 3.60. The summed E-state index contributed by atoms with van der Waals surface area (Å²) in [6, 6.07) is 4.91. The van der Waals surface area contributed by atoms with E-state index in [9.17, 15) is 4.79 Å². The number of carbonyl (C=O) groups excluding carboxylic acids is 1. The van der Waals surface area contributed by atoms with Crippen LogP contribution < -0.4 is 11.5 Å². The third kappa shape index (κ3) is 1.75. The number of nitrogens with two attached hydrogens (primary N) is 2. The summed E-state index contributed by atoms with van der Waals surface area (Å²) in [5, 5.41) is 4.12. The molecule has 5 nitrogen and oxygen atoms in total. The average molecular weight is 216 g/mol. The summed E-state index contributed by atoms with van der Waals surface area (Å²) in [5.41, 5.74) is 13.5. The zero-order valence-corrected chi connectivity index (χ0v) is 8.84. The summed E-state index contributed by atoms with van der Waals surface area (Å²) >= 11 is 0. The van der Waals surface area contributed by atoms with E-state index < -0.39 is 5.91 Å². The third-order valence-corrected chi connectivity index (χ3v) is 2.25.